The highest BCUT2D eigenvalue weighted by molar-refractivity contribution is 5.88. The van der Waals surface area contributed by atoms with Gasteiger partial charge >= 0.3 is 0 Å². The fourth-order valence-electron chi connectivity index (χ4n) is 2.71. The van der Waals surface area contributed by atoms with Gasteiger partial charge in [0.1, 0.15) is 5.78 Å². The van der Waals surface area contributed by atoms with E-state index in [-0.39, 0.29) is 17.4 Å². The van der Waals surface area contributed by atoms with Crippen LogP contribution in [0.4, 0.5) is 0 Å². The Kier molecular flexibility index (Phi) is 2.62. The van der Waals surface area contributed by atoms with Crippen LogP contribution in [0, 0.1) is 11.3 Å². The number of nitrogens with two attached hydrogens (primary N) is 1. The van der Waals surface area contributed by atoms with Crippen LogP contribution >= 0.6 is 0 Å². The molecule has 3 heteroatoms. The topological polar surface area (TPSA) is 52.3 Å². The smallest absolute Gasteiger partial charge is 0.145 e. The maximum Gasteiger partial charge on any atom is 0.145 e. The fraction of sp³-hybridized carbons (Fsp3) is 0.909. The Hall–Kier alpha value is -0.410. The van der Waals surface area contributed by atoms with Gasteiger partial charge in [0.05, 0.1) is 6.61 Å². The monoisotopic (exact) mass is 197 g/mol. The molecule has 80 valence electrons. The van der Waals surface area contributed by atoms with Crippen LogP contribution in [0.25, 0.3) is 0 Å². The molecule has 14 heavy (non-hydrogen) atoms. The first-order valence-corrected chi connectivity index (χ1v) is 5.52. The number of ether oxygens (including phenoxy) is 1. The minimum absolute atomic E-state index is 0.0654. The SMILES string of the molecule is CC1(C(=O)C2CCOC2)CCCC1N. The zero-order chi connectivity index (χ0) is 10.2. The predicted octanol–water partition coefficient (Wildman–Crippen LogP) is 1.11. The molecular formula is C11H19NO2. The van der Waals surface area contributed by atoms with E-state index in [4.69, 9.17) is 10.5 Å². The molecule has 2 aliphatic rings. The first kappa shape index (κ1) is 10.1. The van der Waals surface area contributed by atoms with E-state index >= 15 is 0 Å². The van der Waals surface area contributed by atoms with Gasteiger partial charge in [0.2, 0.25) is 0 Å². The maximum absolute atomic E-state index is 12.2. The average molecular weight is 197 g/mol. The lowest BCUT2D eigenvalue weighted by atomic mass is 9.75. The van der Waals surface area contributed by atoms with Crippen molar-refractivity contribution in [2.75, 3.05) is 13.2 Å². The van der Waals surface area contributed by atoms with Crippen LogP contribution in [-0.4, -0.2) is 25.0 Å². The van der Waals surface area contributed by atoms with E-state index < -0.39 is 0 Å². The van der Waals surface area contributed by atoms with Crippen LogP contribution in [-0.2, 0) is 9.53 Å². The molecule has 1 heterocycles. The van der Waals surface area contributed by atoms with Crippen molar-refractivity contribution in [1.82, 2.24) is 0 Å². The Morgan fingerprint density at radius 2 is 2.29 bits per heavy atom. The lowest BCUT2D eigenvalue weighted by molar-refractivity contribution is -0.132. The van der Waals surface area contributed by atoms with Crippen molar-refractivity contribution in [3.05, 3.63) is 0 Å². The molecule has 2 rings (SSSR count). The van der Waals surface area contributed by atoms with Gasteiger partial charge in [-0.15, -0.1) is 0 Å². The summed E-state index contributed by atoms with van der Waals surface area (Å²) in [7, 11) is 0. The summed E-state index contributed by atoms with van der Waals surface area (Å²) in [5.41, 5.74) is 5.75. The second-order valence-corrected chi connectivity index (χ2v) is 4.84. The Morgan fingerprint density at radius 1 is 1.50 bits per heavy atom. The summed E-state index contributed by atoms with van der Waals surface area (Å²) < 4.78 is 5.26. The standard InChI is InChI=1S/C11H19NO2/c1-11(5-2-3-9(11)12)10(13)8-4-6-14-7-8/h8-9H,2-7,12H2,1H3. The first-order chi connectivity index (χ1) is 6.64. The van der Waals surface area contributed by atoms with Crippen LogP contribution in [0.15, 0.2) is 0 Å². The zero-order valence-electron chi connectivity index (χ0n) is 8.79. The highest BCUT2D eigenvalue weighted by Crippen LogP contribution is 2.40. The number of hydrogen-bond acceptors (Lipinski definition) is 3. The Balaban J connectivity index is 2.08. The van der Waals surface area contributed by atoms with E-state index in [2.05, 4.69) is 0 Å². The third-order valence-corrected chi connectivity index (χ3v) is 3.89. The number of Topliss-reactive ketones (excluding diaryl/α,β-unsaturated/α-hetero) is 1. The van der Waals surface area contributed by atoms with Crippen molar-refractivity contribution in [3.8, 4) is 0 Å². The summed E-state index contributed by atoms with van der Waals surface area (Å²) in [5.74, 6) is 0.462. The second-order valence-electron chi connectivity index (χ2n) is 4.84. The largest absolute Gasteiger partial charge is 0.381 e. The molecule has 0 amide bonds. The number of hydrogen-bond donors (Lipinski definition) is 1. The molecule has 1 saturated heterocycles. The van der Waals surface area contributed by atoms with Crippen LogP contribution in [0.2, 0.25) is 0 Å². The maximum atomic E-state index is 12.2. The summed E-state index contributed by atoms with van der Waals surface area (Å²) in [6, 6.07) is 0.0654. The van der Waals surface area contributed by atoms with Gasteiger partial charge in [0.25, 0.3) is 0 Å². The van der Waals surface area contributed by atoms with Crippen molar-refractivity contribution in [1.29, 1.82) is 0 Å². The number of carbonyl (C=O) groups excluding carboxylic acids is 1. The number of ketones is 1. The second kappa shape index (κ2) is 3.63. The van der Waals surface area contributed by atoms with Crippen molar-refractivity contribution in [2.45, 2.75) is 38.6 Å². The van der Waals surface area contributed by atoms with Gasteiger partial charge in [-0.1, -0.05) is 13.3 Å². The van der Waals surface area contributed by atoms with Gasteiger partial charge in [-0.2, -0.15) is 0 Å². The molecule has 1 aliphatic carbocycles. The van der Waals surface area contributed by atoms with Crippen LogP contribution in [0.1, 0.15) is 32.6 Å². The molecule has 2 N–H and O–H groups in total. The molecule has 3 nitrogen and oxygen atoms in total. The zero-order valence-corrected chi connectivity index (χ0v) is 8.79. The molecule has 2 fully saturated rings. The van der Waals surface area contributed by atoms with E-state index in [0.29, 0.717) is 12.4 Å². The van der Waals surface area contributed by atoms with E-state index in [1.54, 1.807) is 0 Å². The summed E-state index contributed by atoms with van der Waals surface area (Å²) in [6.07, 6.45) is 3.94. The van der Waals surface area contributed by atoms with Crippen molar-refractivity contribution in [3.63, 3.8) is 0 Å². The normalized spacial score (nSPS) is 43.0. The average Bonchev–Trinajstić information content (AvgIpc) is 2.77. The van der Waals surface area contributed by atoms with Gasteiger partial charge in [-0.25, -0.2) is 0 Å². The third kappa shape index (κ3) is 1.48. The van der Waals surface area contributed by atoms with Gasteiger partial charge in [0.15, 0.2) is 0 Å². The molecule has 0 radical (unpaired) electrons. The van der Waals surface area contributed by atoms with Crippen LogP contribution < -0.4 is 5.73 Å². The van der Waals surface area contributed by atoms with E-state index in [9.17, 15) is 4.79 Å². The summed E-state index contributed by atoms with van der Waals surface area (Å²) in [6.45, 7) is 3.38. The molecule has 0 spiro atoms. The molecule has 1 saturated carbocycles. The molecule has 1 aliphatic heterocycles. The van der Waals surface area contributed by atoms with Crippen molar-refractivity contribution >= 4 is 5.78 Å². The molecule has 3 atom stereocenters. The lowest BCUT2D eigenvalue weighted by Crippen LogP contribution is -2.44. The minimum atomic E-state index is -0.266. The summed E-state index contributed by atoms with van der Waals surface area (Å²) in [4.78, 5) is 12.2. The van der Waals surface area contributed by atoms with Crippen LogP contribution in [0.3, 0.4) is 0 Å². The van der Waals surface area contributed by atoms with E-state index in [1.807, 2.05) is 6.92 Å². The minimum Gasteiger partial charge on any atom is -0.381 e. The molecule has 0 aromatic heterocycles. The third-order valence-electron chi connectivity index (χ3n) is 3.89. The molecular weight excluding hydrogens is 178 g/mol. The quantitative estimate of drug-likeness (QED) is 0.721. The highest BCUT2D eigenvalue weighted by Gasteiger charge is 2.45. The van der Waals surface area contributed by atoms with Gasteiger partial charge in [-0.3, -0.25) is 4.79 Å². The van der Waals surface area contributed by atoms with Crippen molar-refractivity contribution < 1.29 is 9.53 Å². The molecule has 0 aromatic carbocycles. The Morgan fingerprint density at radius 3 is 2.79 bits per heavy atom. The number of rotatable bonds is 2. The summed E-state index contributed by atoms with van der Waals surface area (Å²) >= 11 is 0. The van der Waals surface area contributed by atoms with Crippen LogP contribution in [0.5, 0.6) is 0 Å². The van der Waals surface area contributed by atoms with Gasteiger partial charge < -0.3 is 10.5 Å². The van der Waals surface area contributed by atoms with Gasteiger partial charge in [0, 0.05) is 24.0 Å². The molecule has 3 unspecified atom stereocenters. The fourth-order valence-corrected chi connectivity index (χ4v) is 2.71. The van der Waals surface area contributed by atoms with E-state index in [0.717, 1.165) is 32.3 Å². The molecule has 0 aromatic rings. The first-order valence-electron chi connectivity index (χ1n) is 5.52. The number of carbonyl (C=O) groups is 1. The van der Waals surface area contributed by atoms with Crippen molar-refractivity contribution in [2.24, 2.45) is 17.1 Å². The Labute approximate surface area is 85.0 Å². The molecule has 0 bridgehead atoms. The van der Waals surface area contributed by atoms with Gasteiger partial charge in [-0.05, 0) is 19.3 Å². The summed E-state index contributed by atoms with van der Waals surface area (Å²) in [5, 5.41) is 0. The lowest BCUT2D eigenvalue weighted by Gasteiger charge is -2.29. The Bertz CT molecular complexity index is 235. The van der Waals surface area contributed by atoms with E-state index in [1.165, 1.54) is 0 Å². The predicted molar refractivity (Wildman–Crippen MR) is 53.9 cm³/mol. The highest BCUT2D eigenvalue weighted by atomic mass is 16.5.